The van der Waals surface area contributed by atoms with Gasteiger partial charge in [0.05, 0.1) is 0 Å². The zero-order valence-corrected chi connectivity index (χ0v) is 12.5. The summed E-state index contributed by atoms with van der Waals surface area (Å²) in [6.07, 6.45) is 1.10. The van der Waals surface area contributed by atoms with Gasteiger partial charge >= 0.3 is 0 Å². The standard InChI is InChI=1S/C16H19N3O3/c1-2-19-12-7-4-3-6-11(12)10-13(19)15(20)17-18-16(21)14-8-5-9-22-14/h3-4,6-7,10,14H,2,5,8-9H2,1H3,(H,17,20)(H,18,21). The highest BCUT2D eigenvalue weighted by Crippen LogP contribution is 2.19. The van der Waals surface area contributed by atoms with Crippen molar-refractivity contribution in [3.63, 3.8) is 0 Å². The largest absolute Gasteiger partial charge is 0.368 e. The summed E-state index contributed by atoms with van der Waals surface area (Å²) in [7, 11) is 0. The molecule has 0 radical (unpaired) electrons. The number of hydrazine groups is 1. The van der Waals surface area contributed by atoms with Crippen molar-refractivity contribution in [1.82, 2.24) is 15.4 Å². The lowest BCUT2D eigenvalue weighted by Crippen LogP contribution is -2.46. The molecule has 1 aliphatic heterocycles. The van der Waals surface area contributed by atoms with Crippen LogP contribution >= 0.6 is 0 Å². The molecule has 0 spiro atoms. The van der Waals surface area contributed by atoms with Crippen molar-refractivity contribution in [2.45, 2.75) is 32.4 Å². The van der Waals surface area contributed by atoms with Gasteiger partial charge < -0.3 is 9.30 Å². The van der Waals surface area contributed by atoms with Crippen molar-refractivity contribution < 1.29 is 14.3 Å². The van der Waals surface area contributed by atoms with Crippen molar-refractivity contribution in [1.29, 1.82) is 0 Å². The lowest BCUT2D eigenvalue weighted by molar-refractivity contribution is -0.130. The molecule has 1 fully saturated rings. The summed E-state index contributed by atoms with van der Waals surface area (Å²) in [5.74, 6) is -0.630. The lowest BCUT2D eigenvalue weighted by Gasteiger charge is -2.12. The van der Waals surface area contributed by atoms with E-state index >= 15 is 0 Å². The fourth-order valence-corrected chi connectivity index (χ4v) is 2.79. The van der Waals surface area contributed by atoms with Crippen LogP contribution in [0.2, 0.25) is 0 Å². The van der Waals surface area contributed by atoms with Crippen molar-refractivity contribution in [3.05, 3.63) is 36.0 Å². The van der Waals surface area contributed by atoms with Gasteiger partial charge in [-0.15, -0.1) is 0 Å². The van der Waals surface area contributed by atoms with E-state index in [0.29, 0.717) is 25.3 Å². The predicted octanol–water partition coefficient (Wildman–Crippen LogP) is 1.60. The van der Waals surface area contributed by atoms with Gasteiger partial charge in [0, 0.05) is 24.1 Å². The third-order valence-corrected chi connectivity index (χ3v) is 3.88. The molecule has 6 nitrogen and oxygen atoms in total. The summed E-state index contributed by atoms with van der Waals surface area (Å²) in [6.45, 7) is 3.25. The van der Waals surface area contributed by atoms with Crippen molar-refractivity contribution in [3.8, 4) is 0 Å². The number of carbonyl (C=O) groups excluding carboxylic acids is 2. The zero-order valence-electron chi connectivity index (χ0n) is 12.5. The minimum absolute atomic E-state index is 0.301. The topological polar surface area (TPSA) is 72.4 Å². The number of aryl methyl sites for hydroxylation is 1. The highest BCUT2D eigenvalue weighted by molar-refractivity contribution is 5.99. The van der Waals surface area contributed by atoms with Gasteiger partial charge in [-0.1, -0.05) is 18.2 Å². The summed E-state index contributed by atoms with van der Waals surface area (Å²) in [5, 5.41) is 1.000. The molecule has 22 heavy (non-hydrogen) atoms. The number of fused-ring (bicyclic) bond motifs is 1. The van der Waals surface area contributed by atoms with Crippen molar-refractivity contribution in [2.75, 3.05) is 6.61 Å². The molecule has 0 aliphatic carbocycles. The second-order valence-electron chi connectivity index (χ2n) is 5.28. The molecule has 0 bridgehead atoms. The second kappa shape index (κ2) is 6.19. The van der Waals surface area contributed by atoms with Gasteiger partial charge in [-0.2, -0.15) is 0 Å². The SMILES string of the molecule is CCn1c(C(=O)NNC(=O)C2CCCO2)cc2ccccc21. The number of carbonyl (C=O) groups is 2. The molecule has 3 rings (SSSR count). The Hall–Kier alpha value is -2.34. The smallest absolute Gasteiger partial charge is 0.286 e. The van der Waals surface area contributed by atoms with Crippen LogP contribution in [0.15, 0.2) is 30.3 Å². The monoisotopic (exact) mass is 301 g/mol. The van der Waals surface area contributed by atoms with Crippen LogP contribution in [0.5, 0.6) is 0 Å². The van der Waals surface area contributed by atoms with E-state index in [1.165, 1.54) is 0 Å². The first-order valence-corrected chi connectivity index (χ1v) is 7.50. The molecule has 1 saturated heterocycles. The summed E-state index contributed by atoms with van der Waals surface area (Å²) >= 11 is 0. The van der Waals surface area contributed by atoms with Crippen LogP contribution in [-0.2, 0) is 16.1 Å². The molecule has 2 aromatic rings. The first-order valence-electron chi connectivity index (χ1n) is 7.50. The molecule has 1 aromatic carbocycles. The minimum atomic E-state index is -0.461. The zero-order chi connectivity index (χ0) is 15.5. The van der Waals surface area contributed by atoms with Crippen molar-refractivity contribution in [2.24, 2.45) is 0 Å². The first-order chi connectivity index (χ1) is 10.7. The average Bonchev–Trinajstić information content (AvgIpc) is 3.19. The molecule has 1 unspecified atom stereocenters. The Morgan fingerprint density at radius 2 is 2.14 bits per heavy atom. The lowest BCUT2D eigenvalue weighted by atomic mass is 10.2. The van der Waals surface area contributed by atoms with Gasteiger partial charge in [0.25, 0.3) is 11.8 Å². The molecular weight excluding hydrogens is 282 g/mol. The highest BCUT2D eigenvalue weighted by atomic mass is 16.5. The van der Waals surface area contributed by atoms with E-state index in [0.717, 1.165) is 17.3 Å². The number of ether oxygens (including phenoxy) is 1. The van der Waals surface area contributed by atoms with Gasteiger partial charge in [-0.25, -0.2) is 0 Å². The highest BCUT2D eigenvalue weighted by Gasteiger charge is 2.24. The average molecular weight is 301 g/mol. The minimum Gasteiger partial charge on any atom is -0.368 e. The number of nitrogens with zero attached hydrogens (tertiary/aromatic N) is 1. The Morgan fingerprint density at radius 3 is 2.86 bits per heavy atom. The Bertz CT molecular complexity index is 702. The molecule has 0 saturated carbocycles. The number of para-hydroxylation sites is 1. The van der Waals surface area contributed by atoms with Gasteiger partial charge in [0.15, 0.2) is 0 Å². The summed E-state index contributed by atoms with van der Waals surface area (Å²) in [6, 6.07) is 9.63. The normalized spacial score (nSPS) is 17.6. The van der Waals surface area contributed by atoms with E-state index in [9.17, 15) is 9.59 Å². The van der Waals surface area contributed by atoms with Crippen molar-refractivity contribution >= 4 is 22.7 Å². The number of rotatable bonds is 3. The van der Waals surface area contributed by atoms with E-state index in [-0.39, 0.29) is 11.8 Å². The fraction of sp³-hybridized carbons (Fsp3) is 0.375. The van der Waals surface area contributed by atoms with E-state index in [1.54, 1.807) is 0 Å². The van der Waals surface area contributed by atoms with Crippen LogP contribution < -0.4 is 10.9 Å². The molecule has 1 aromatic heterocycles. The molecule has 2 heterocycles. The Balaban J connectivity index is 1.73. The third kappa shape index (κ3) is 2.69. The molecule has 2 amide bonds. The summed E-state index contributed by atoms with van der Waals surface area (Å²) in [5.41, 5.74) is 6.44. The molecule has 1 atom stereocenters. The van der Waals surface area contributed by atoms with Gasteiger partial charge in [0.2, 0.25) is 0 Å². The van der Waals surface area contributed by atoms with E-state index in [1.807, 2.05) is 41.8 Å². The summed E-state index contributed by atoms with van der Waals surface area (Å²) < 4.78 is 7.20. The van der Waals surface area contributed by atoms with E-state index < -0.39 is 6.10 Å². The van der Waals surface area contributed by atoms with Gasteiger partial charge in [-0.05, 0) is 31.9 Å². The van der Waals surface area contributed by atoms with Crippen LogP contribution in [0.3, 0.4) is 0 Å². The number of nitrogens with one attached hydrogen (secondary N) is 2. The number of amides is 2. The van der Waals surface area contributed by atoms with E-state index in [4.69, 9.17) is 4.74 Å². The predicted molar refractivity (Wildman–Crippen MR) is 82.2 cm³/mol. The second-order valence-corrected chi connectivity index (χ2v) is 5.28. The molecule has 1 aliphatic rings. The van der Waals surface area contributed by atoms with Crippen LogP contribution in [0.1, 0.15) is 30.3 Å². The number of hydrogen-bond acceptors (Lipinski definition) is 3. The van der Waals surface area contributed by atoms with Crippen LogP contribution in [0, 0.1) is 0 Å². The Morgan fingerprint density at radius 1 is 1.32 bits per heavy atom. The van der Waals surface area contributed by atoms with E-state index in [2.05, 4.69) is 10.9 Å². The quantitative estimate of drug-likeness (QED) is 0.846. The van der Waals surface area contributed by atoms with Crippen LogP contribution in [0.4, 0.5) is 0 Å². The molecule has 6 heteroatoms. The first kappa shape index (κ1) is 14.6. The maximum absolute atomic E-state index is 12.3. The van der Waals surface area contributed by atoms with Crippen LogP contribution in [-0.4, -0.2) is 29.1 Å². The van der Waals surface area contributed by atoms with Gasteiger partial charge in [-0.3, -0.25) is 20.4 Å². The maximum atomic E-state index is 12.3. The Kier molecular flexibility index (Phi) is 4.11. The molecule has 2 N–H and O–H groups in total. The Labute approximate surface area is 128 Å². The third-order valence-electron chi connectivity index (χ3n) is 3.88. The van der Waals surface area contributed by atoms with Gasteiger partial charge in [0.1, 0.15) is 11.8 Å². The van der Waals surface area contributed by atoms with Crippen LogP contribution in [0.25, 0.3) is 10.9 Å². The summed E-state index contributed by atoms with van der Waals surface area (Å²) in [4.78, 5) is 24.2. The molecular formula is C16H19N3O3. The molecule has 116 valence electrons. The number of benzene rings is 1. The fourth-order valence-electron chi connectivity index (χ4n) is 2.79. The maximum Gasteiger partial charge on any atom is 0.286 e. The number of hydrogen-bond donors (Lipinski definition) is 2. The number of aromatic nitrogens is 1.